The minimum absolute atomic E-state index is 0.00469. The summed E-state index contributed by atoms with van der Waals surface area (Å²) >= 11 is 0. The molecule has 9 N–H and O–H groups in total. The van der Waals surface area contributed by atoms with E-state index < -0.39 is 90.5 Å². The SMILES string of the molecule is CCCOCCN(C)CCCC[C@@H]1NC(=O)CCSSC[C@@H](C(N)=O)NC(=O)[C@H](C)N(CCc2c[nH]c3ccccc23)C(=O)[C@H](C)NC(=O)[C@H](CC(=O)O)NC(=O)CNC1=O. The van der Waals surface area contributed by atoms with Gasteiger partial charge in [0.15, 0.2) is 0 Å². The smallest absolute Gasteiger partial charge is 0.305 e. The van der Waals surface area contributed by atoms with Crippen LogP contribution in [0.15, 0.2) is 30.5 Å². The number of unbranched alkanes of at least 4 members (excludes halogenated alkanes) is 1. The third-order valence-electron chi connectivity index (χ3n) is 9.90. The molecule has 21 heteroatoms. The topological polar surface area (TPSA) is 274 Å². The normalized spacial score (nSPS) is 22.2. The number of aromatic amines is 1. The molecule has 0 unspecified atom stereocenters. The first kappa shape index (κ1) is 50.5. The molecular formula is C40H61N9O10S2. The number of fused-ring (bicyclic) bond motifs is 1. The number of benzene rings is 1. The molecule has 0 saturated carbocycles. The number of hydrogen-bond acceptors (Lipinski definition) is 12. The predicted octanol–water partition coefficient (Wildman–Crippen LogP) is 0.277. The zero-order chi connectivity index (χ0) is 44.9. The molecule has 7 amide bonds. The molecule has 1 fully saturated rings. The van der Waals surface area contributed by atoms with E-state index >= 15 is 0 Å². The van der Waals surface area contributed by atoms with E-state index in [0.29, 0.717) is 32.5 Å². The van der Waals surface area contributed by atoms with Crippen molar-refractivity contribution in [1.29, 1.82) is 0 Å². The number of aromatic nitrogens is 1. The second kappa shape index (κ2) is 26.5. The van der Waals surface area contributed by atoms with Gasteiger partial charge in [-0.25, -0.2) is 0 Å². The van der Waals surface area contributed by atoms with Gasteiger partial charge in [0.05, 0.1) is 19.6 Å². The van der Waals surface area contributed by atoms with Crippen LogP contribution in [-0.4, -0.2) is 155 Å². The van der Waals surface area contributed by atoms with E-state index in [1.165, 1.54) is 40.3 Å². The Morgan fingerprint density at radius 3 is 2.38 bits per heavy atom. The molecule has 19 nitrogen and oxygen atoms in total. The number of H-pyrrole nitrogens is 1. The van der Waals surface area contributed by atoms with Crippen LogP contribution < -0.4 is 32.3 Å². The zero-order valence-corrected chi connectivity index (χ0v) is 36.9. The predicted molar refractivity (Wildman–Crippen MR) is 233 cm³/mol. The molecule has 0 bridgehead atoms. The van der Waals surface area contributed by atoms with Gasteiger partial charge in [-0.05, 0) is 71.2 Å². The van der Waals surface area contributed by atoms with E-state index in [4.69, 9.17) is 10.5 Å². The summed E-state index contributed by atoms with van der Waals surface area (Å²) in [5.41, 5.74) is 7.38. The van der Waals surface area contributed by atoms with Crippen molar-refractivity contribution in [3.05, 3.63) is 36.0 Å². The van der Waals surface area contributed by atoms with Crippen LogP contribution in [-0.2, 0) is 49.5 Å². The van der Waals surface area contributed by atoms with Gasteiger partial charge in [-0.2, -0.15) is 0 Å². The highest BCUT2D eigenvalue weighted by atomic mass is 33.1. The lowest BCUT2D eigenvalue weighted by Gasteiger charge is -2.32. The summed E-state index contributed by atoms with van der Waals surface area (Å²) in [5, 5.41) is 23.1. The molecule has 5 atom stereocenters. The number of carboxylic acids is 1. The molecule has 338 valence electrons. The molecular weight excluding hydrogens is 831 g/mol. The quantitative estimate of drug-likeness (QED) is 0.0832. The van der Waals surface area contributed by atoms with Crippen LogP contribution in [0.5, 0.6) is 0 Å². The Morgan fingerprint density at radius 1 is 0.918 bits per heavy atom. The highest BCUT2D eigenvalue weighted by molar-refractivity contribution is 8.76. The van der Waals surface area contributed by atoms with Gasteiger partial charge in [0, 0.05) is 54.7 Å². The lowest BCUT2D eigenvalue weighted by atomic mass is 10.1. The number of nitrogens with zero attached hydrogens (tertiary/aromatic N) is 2. The molecule has 2 heterocycles. The minimum atomic E-state index is -1.65. The average Bonchev–Trinajstić information content (AvgIpc) is 3.63. The largest absolute Gasteiger partial charge is 0.481 e. The van der Waals surface area contributed by atoms with Crippen LogP contribution in [0.1, 0.15) is 64.9 Å². The van der Waals surface area contributed by atoms with Crippen molar-refractivity contribution in [3.8, 4) is 0 Å². The Kier molecular flexibility index (Phi) is 21.9. The maximum absolute atomic E-state index is 14.1. The van der Waals surface area contributed by atoms with Crippen LogP contribution in [0.3, 0.4) is 0 Å². The van der Waals surface area contributed by atoms with Crippen LogP contribution >= 0.6 is 21.6 Å². The Morgan fingerprint density at radius 2 is 1.66 bits per heavy atom. The minimum Gasteiger partial charge on any atom is -0.481 e. The van der Waals surface area contributed by atoms with E-state index in [0.717, 1.165) is 36.0 Å². The number of carbonyl (C=O) groups is 8. The number of hydrogen-bond donors (Lipinski definition) is 8. The first-order valence-corrected chi connectivity index (χ1v) is 22.9. The summed E-state index contributed by atoms with van der Waals surface area (Å²) < 4.78 is 5.54. The summed E-state index contributed by atoms with van der Waals surface area (Å²) in [4.78, 5) is 111. The van der Waals surface area contributed by atoms with Crippen LogP contribution in [0.4, 0.5) is 0 Å². The Labute approximate surface area is 363 Å². The third kappa shape index (κ3) is 17.6. The van der Waals surface area contributed by atoms with Gasteiger partial charge in [0.25, 0.3) is 0 Å². The number of carbonyl (C=O) groups excluding carboxylic acids is 7. The number of para-hydroxylation sites is 1. The van der Waals surface area contributed by atoms with Gasteiger partial charge in [0.1, 0.15) is 30.2 Å². The summed E-state index contributed by atoms with van der Waals surface area (Å²) in [6, 6.07) is 1.28. The molecule has 1 aliphatic heterocycles. The summed E-state index contributed by atoms with van der Waals surface area (Å²) in [7, 11) is 4.43. The summed E-state index contributed by atoms with van der Waals surface area (Å²) in [6.45, 7) is 6.97. The van der Waals surface area contributed by atoms with Crippen molar-refractivity contribution in [2.45, 2.75) is 95.9 Å². The molecule has 3 rings (SSSR count). The molecule has 1 aromatic carbocycles. The van der Waals surface area contributed by atoms with Crippen molar-refractivity contribution in [2.24, 2.45) is 5.73 Å². The number of aliphatic carboxylic acids is 1. The maximum Gasteiger partial charge on any atom is 0.305 e. The first-order valence-electron chi connectivity index (χ1n) is 20.5. The first-order chi connectivity index (χ1) is 29.1. The molecule has 0 spiro atoms. The Bertz CT molecular complexity index is 1810. The van der Waals surface area contributed by atoms with Crippen LogP contribution in [0, 0.1) is 0 Å². The number of rotatable bonds is 16. The second-order valence-electron chi connectivity index (χ2n) is 14.8. The summed E-state index contributed by atoms with van der Waals surface area (Å²) in [5.74, 6) is -6.25. The second-order valence-corrected chi connectivity index (χ2v) is 17.5. The van der Waals surface area contributed by atoms with Crippen LogP contribution in [0.25, 0.3) is 10.9 Å². The van der Waals surface area contributed by atoms with Gasteiger partial charge < -0.3 is 56.9 Å². The number of ether oxygens (including phenoxy) is 1. The number of nitrogens with one attached hydrogen (secondary N) is 6. The number of nitrogens with two attached hydrogens (primary N) is 1. The number of likely N-dealkylation sites (N-methyl/N-ethyl adjacent to an activating group) is 1. The van der Waals surface area contributed by atoms with Crippen molar-refractivity contribution >= 4 is 79.8 Å². The van der Waals surface area contributed by atoms with E-state index in [2.05, 4.69) is 36.5 Å². The van der Waals surface area contributed by atoms with Crippen molar-refractivity contribution < 1.29 is 48.2 Å². The van der Waals surface area contributed by atoms with Gasteiger partial charge in [-0.3, -0.25) is 38.4 Å². The number of carboxylic acid groups (broad SMARTS) is 1. The zero-order valence-electron chi connectivity index (χ0n) is 35.3. The van der Waals surface area contributed by atoms with Gasteiger partial charge in [0.2, 0.25) is 41.4 Å². The standard InChI is InChI=1S/C40H61N9O10S2/c1-5-18-59-19-17-48(4)15-9-8-12-30-38(56)43-23-34(51)46-31(21-35(52)53)39(57)44-25(2)40(58)49(16-13-27-22-42-29-11-7-6-10-28(27)29)26(3)37(55)47-32(36(41)54)24-61-60-20-14-33(50)45-30/h6-7,10-11,22,25-26,30-32,42H,5,8-9,12-21,23-24H2,1-4H3,(H2,41,54)(H,43,56)(H,44,57)(H,45,50)(H,46,51)(H,47,55)(H,52,53)/t25-,26-,30-,31-,32-/m0/s1. The molecule has 61 heavy (non-hydrogen) atoms. The lowest BCUT2D eigenvalue weighted by molar-refractivity contribution is -0.144. The molecule has 0 radical (unpaired) electrons. The summed E-state index contributed by atoms with van der Waals surface area (Å²) in [6.07, 6.45) is 3.70. The Balaban J connectivity index is 1.81. The number of amides is 7. The van der Waals surface area contributed by atoms with E-state index in [-0.39, 0.29) is 30.9 Å². The monoisotopic (exact) mass is 891 g/mol. The maximum atomic E-state index is 14.1. The van der Waals surface area contributed by atoms with E-state index in [9.17, 15) is 43.5 Å². The third-order valence-corrected chi connectivity index (χ3v) is 12.3. The molecule has 1 saturated heterocycles. The molecule has 1 aromatic heterocycles. The molecule has 2 aromatic rings. The van der Waals surface area contributed by atoms with Crippen molar-refractivity contribution in [3.63, 3.8) is 0 Å². The fraction of sp³-hybridized carbons (Fsp3) is 0.600. The van der Waals surface area contributed by atoms with E-state index in [1.54, 1.807) is 6.20 Å². The molecule has 0 aliphatic carbocycles. The fourth-order valence-corrected chi connectivity index (χ4v) is 8.57. The number of primary amides is 1. The highest BCUT2D eigenvalue weighted by Crippen LogP contribution is 2.23. The lowest BCUT2D eigenvalue weighted by Crippen LogP contribution is -2.59. The van der Waals surface area contributed by atoms with Crippen LogP contribution in [0.2, 0.25) is 0 Å². The van der Waals surface area contributed by atoms with Gasteiger partial charge in [-0.1, -0.05) is 46.7 Å². The van der Waals surface area contributed by atoms with Gasteiger partial charge >= 0.3 is 5.97 Å². The van der Waals surface area contributed by atoms with Crippen molar-refractivity contribution in [2.75, 3.05) is 57.9 Å². The van der Waals surface area contributed by atoms with Gasteiger partial charge in [-0.15, -0.1) is 0 Å². The molecule has 1 aliphatic rings. The average molecular weight is 892 g/mol. The Hall–Kier alpha value is -4.86. The van der Waals surface area contributed by atoms with E-state index in [1.807, 2.05) is 38.2 Å². The highest BCUT2D eigenvalue weighted by Gasteiger charge is 2.34. The van der Waals surface area contributed by atoms with Crippen molar-refractivity contribution in [1.82, 2.24) is 41.4 Å². The fourth-order valence-electron chi connectivity index (χ4n) is 6.40.